The summed E-state index contributed by atoms with van der Waals surface area (Å²) in [6, 6.07) is 3.73. The Morgan fingerprint density at radius 3 is 2.86 bits per heavy atom. The molecule has 0 unspecified atom stereocenters. The lowest BCUT2D eigenvalue weighted by molar-refractivity contribution is 0.100. The average Bonchev–Trinajstić information content (AvgIpc) is 2.60. The smallest absolute Gasteiger partial charge is 0.176 e. The Bertz CT molecular complexity index is 291. The van der Waals surface area contributed by atoms with E-state index in [2.05, 4.69) is 0 Å². The molecule has 0 saturated heterocycles. The van der Waals surface area contributed by atoms with Gasteiger partial charge in [0, 0.05) is 26.3 Å². The van der Waals surface area contributed by atoms with Crippen molar-refractivity contribution >= 4 is 5.78 Å². The number of carbonyl (C=O) groups excluding carboxylic acids is 1. The van der Waals surface area contributed by atoms with Crippen LogP contribution in [-0.4, -0.2) is 22.1 Å². The van der Waals surface area contributed by atoms with Gasteiger partial charge in [-0.25, -0.2) is 0 Å². The molecule has 1 aromatic rings. The van der Waals surface area contributed by atoms with Crippen LogP contribution in [0, 0.1) is 0 Å². The van der Waals surface area contributed by atoms with Crippen LogP contribution in [0.1, 0.15) is 36.7 Å². The van der Waals surface area contributed by atoms with Crippen LogP contribution >= 0.6 is 0 Å². The molecule has 1 N–H and O–H groups in total. The number of carbonyl (C=O) groups is 1. The van der Waals surface area contributed by atoms with E-state index < -0.39 is 0 Å². The number of hydrogen-bond acceptors (Lipinski definition) is 2. The molecule has 0 aromatic carbocycles. The number of ketones is 1. The SMILES string of the molecule is CC(=O)c1cccn1CCCCCO. The summed E-state index contributed by atoms with van der Waals surface area (Å²) >= 11 is 0. The second kappa shape index (κ2) is 5.60. The fourth-order valence-corrected chi connectivity index (χ4v) is 1.50. The number of hydrogen-bond donors (Lipinski definition) is 1. The van der Waals surface area contributed by atoms with Crippen LogP contribution in [-0.2, 0) is 6.54 Å². The molecule has 0 spiro atoms. The zero-order valence-corrected chi connectivity index (χ0v) is 8.57. The van der Waals surface area contributed by atoms with Gasteiger partial charge in [-0.05, 0) is 31.4 Å². The molecular formula is C11H17NO2. The molecule has 1 heterocycles. The van der Waals surface area contributed by atoms with Crippen molar-refractivity contribution in [3.05, 3.63) is 24.0 Å². The van der Waals surface area contributed by atoms with E-state index in [0.29, 0.717) is 0 Å². The minimum atomic E-state index is 0.108. The number of rotatable bonds is 6. The summed E-state index contributed by atoms with van der Waals surface area (Å²) < 4.78 is 1.97. The number of aryl methyl sites for hydroxylation is 1. The summed E-state index contributed by atoms with van der Waals surface area (Å²) in [7, 11) is 0. The lowest BCUT2D eigenvalue weighted by Gasteiger charge is -2.05. The summed E-state index contributed by atoms with van der Waals surface area (Å²) in [5, 5.41) is 8.61. The minimum Gasteiger partial charge on any atom is -0.396 e. The van der Waals surface area contributed by atoms with Crippen molar-refractivity contribution in [2.45, 2.75) is 32.7 Å². The number of Topliss-reactive ketones (excluding diaryl/α,β-unsaturated/α-hetero) is 1. The number of unbranched alkanes of at least 4 members (excludes halogenated alkanes) is 2. The van der Waals surface area contributed by atoms with Gasteiger partial charge in [-0.15, -0.1) is 0 Å². The predicted octanol–water partition coefficient (Wildman–Crippen LogP) is 1.85. The first-order valence-corrected chi connectivity index (χ1v) is 5.02. The van der Waals surface area contributed by atoms with Crippen LogP contribution in [0.4, 0.5) is 0 Å². The van der Waals surface area contributed by atoms with Gasteiger partial charge >= 0.3 is 0 Å². The first-order valence-electron chi connectivity index (χ1n) is 5.02. The standard InChI is InChI=1S/C11H17NO2/c1-10(14)11-6-5-8-12(11)7-3-2-4-9-13/h5-6,8,13H,2-4,7,9H2,1H3. The zero-order chi connectivity index (χ0) is 10.4. The number of aromatic nitrogens is 1. The third kappa shape index (κ3) is 3.00. The molecule has 0 fully saturated rings. The van der Waals surface area contributed by atoms with E-state index in [4.69, 9.17) is 5.11 Å². The topological polar surface area (TPSA) is 42.2 Å². The first-order chi connectivity index (χ1) is 6.75. The van der Waals surface area contributed by atoms with E-state index in [1.165, 1.54) is 0 Å². The predicted molar refractivity (Wildman–Crippen MR) is 55.4 cm³/mol. The lowest BCUT2D eigenvalue weighted by Crippen LogP contribution is -2.05. The molecule has 0 radical (unpaired) electrons. The fraction of sp³-hybridized carbons (Fsp3) is 0.545. The molecule has 0 atom stereocenters. The molecule has 0 saturated carbocycles. The van der Waals surface area contributed by atoms with E-state index in [1.807, 2.05) is 22.9 Å². The van der Waals surface area contributed by atoms with Gasteiger partial charge in [0.1, 0.15) is 0 Å². The lowest BCUT2D eigenvalue weighted by atomic mass is 10.2. The normalized spacial score (nSPS) is 10.4. The van der Waals surface area contributed by atoms with Crippen molar-refractivity contribution in [1.29, 1.82) is 0 Å². The Hall–Kier alpha value is -1.09. The highest BCUT2D eigenvalue weighted by atomic mass is 16.2. The molecule has 0 bridgehead atoms. The minimum absolute atomic E-state index is 0.108. The summed E-state index contributed by atoms with van der Waals surface area (Å²) in [5.74, 6) is 0.108. The molecule has 0 aliphatic heterocycles. The van der Waals surface area contributed by atoms with Crippen LogP contribution in [0.3, 0.4) is 0 Å². The summed E-state index contributed by atoms with van der Waals surface area (Å²) in [6.45, 7) is 2.70. The van der Waals surface area contributed by atoms with Gasteiger partial charge in [0.2, 0.25) is 0 Å². The highest BCUT2D eigenvalue weighted by Crippen LogP contribution is 2.06. The molecule has 0 aliphatic rings. The Kier molecular flexibility index (Phi) is 4.40. The molecule has 3 heteroatoms. The number of aliphatic hydroxyl groups is 1. The Balaban J connectivity index is 2.42. The second-order valence-corrected chi connectivity index (χ2v) is 3.43. The molecule has 0 aliphatic carbocycles. The van der Waals surface area contributed by atoms with E-state index in [9.17, 15) is 4.79 Å². The van der Waals surface area contributed by atoms with Crippen LogP contribution in [0.25, 0.3) is 0 Å². The van der Waals surface area contributed by atoms with Crippen LogP contribution < -0.4 is 0 Å². The van der Waals surface area contributed by atoms with Gasteiger partial charge in [-0.1, -0.05) is 0 Å². The van der Waals surface area contributed by atoms with E-state index in [0.717, 1.165) is 31.5 Å². The van der Waals surface area contributed by atoms with Crippen molar-refractivity contribution in [3.8, 4) is 0 Å². The Labute approximate surface area is 84.4 Å². The maximum Gasteiger partial charge on any atom is 0.176 e. The maximum atomic E-state index is 11.2. The third-order valence-corrected chi connectivity index (χ3v) is 2.25. The van der Waals surface area contributed by atoms with Gasteiger partial charge in [0.25, 0.3) is 0 Å². The van der Waals surface area contributed by atoms with Crippen molar-refractivity contribution in [2.24, 2.45) is 0 Å². The third-order valence-electron chi connectivity index (χ3n) is 2.25. The van der Waals surface area contributed by atoms with Crippen molar-refractivity contribution in [1.82, 2.24) is 4.57 Å². The molecule has 3 nitrogen and oxygen atoms in total. The van der Waals surface area contributed by atoms with Gasteiger partial charge < -0.3 is 9.67 Å². The average molecular weight is 195 g/mol. The molecule has 0 amide bonds. The van der Waals surface area contributed by atoms with Gasteiger partial charge in [-0.2, -0.15) is 0 Å². The second-order valence-electron chi connectivity index (χ2n) is 3.43. The summed E-state index contributed by atoms with van der Waals surface area (Å²) in [5.41, 5.74) is 0.772. The molecular weight excluding hydrogens is 178 g/mol. The van der Waals surface area contributed by atoms with E-state index >= 15 is 0 Å². The van der Waals surface area contributed by atoms with Crippen LogP contribution in [0.15, 0.2) is 18.3 Å². The number of nitrogens with zero attached hydrogens (tertiary/aromatic N) is 1. The summed E-state index contributed by atoms with van der Waals surface area (Å²) in [6.07, 6.45) is 4.79. The maximum absolute atomic E-state index is 11.2. The van der Waals surface area contributed by atoms with Gasteiger partial charge in [0.15, 0.2) is 5.78 Å². The van der Waals surface area contributed by atoms with E-state index in [-0.39, 0.29) is 12.4 Å². The highest BCUT2D eigenvalue weighted by Gasteiger charge is 2.04. The largest absolute Gasteiger partial charge is 0.396 e. The molecule has 1 rings (SSSR count). The zero-order valence-electron chi connectivity index (χ0n) is 8.57. The fourth-order valence-electron chi connectivity index (χ4n) is 1.50. The van der Waals surface area contributed by atoms with Gasteiger partial charge in [-0.3, -0.25) is 4.79 Å². The monoisotopic (exact) mass is 195 g/mol. The van der Waals surface area contributed by atoms with Crippen LogP contribution in [0.2, 0.25) is 0 Å². The highest BCUT2D eigenvalue weighted by molar-refractivity contribution is 5.92. The quantitative estimate of drug-likeness (QED) is 0.556. The Morgan fingerprint density at radius 2 is 2.21 bits per heavy atom. The van der Waals surface area contributed by atoms with Crippen molar-refractivity contribution in [3.63, 3.8) is 0 Å². The first kappa shape index (κ1) is 11.0. The van der Waals surface area contributed by atoms with E-state index in [1.54, 1.807) is 6.92 Å². The van der Waals surface area contributed by atoms with Crippen LogP contribution in [0.5, 0.6) is 0 Å². The number of aliphatic hydroxyl groups excluding tert-OH is 1. The molecule has 78 valence electrons. The Morgan fingerprint density at radius 1 is 1.43 bits per heavy atom. The molecule has 1 aromatic heterocycles. The van der Waals surface area contributed by atoms with Crippen molar-refractivity contribution < 1.29 is 9.90 Å². The van der Waals surface area contributed by atoms with Gasteiger partial charge in [0.05, 0.1) is 5.69 Å². The summed E-state index contributed by atoms with van der Waals surface area (Å²) in [4.78, 5) is 11.2. The van der Waals surface area contributed by atoms with Crippen molar-refractivity contribution in [2.75, 3.05) is 6.61 Å². The molecule has 14 heavy (non-hydrogen) atoms.